The second-order valence-corrected chi connectivity index (χ2v) is 4.14. The fourth-order valence-corrected chi connectivity index (χ4v) is 2.09. The second kappa shape index (κ2) is 7.84. The summed E-state index contributed by atoms with van der Waals surface area (Å²) in [5.41, 5.74) is 7.09. The molecule has 106 valence electrons. The standard InChI is InChI=1S/C15H18N4.HI/c1-3-12-19-14(10-11-17-15(19)16)18(4-2)13-8-6-5-7-9-13;/h3,5-11,16H,1,4,12H2,2H3;1H. The van der Waals surface area contributed by atoms with Gasteiger partial charge in [0, 0.05) is 6.07 Å². The molecule has 0 bridgehead atoms. The molecule has 0 spiro atoms. The van der Waals surface area contributed by atoms with Crippen LogP contribution in [0.4, 0.5) is 17.5 Å². The number of rotatable bonds is 5. The minimum atomic E-state index is 0. The fourth-order valence-electron chi connectivity index (χ4n) is 2.09. The Labute approximate surface area is 137 Å². The Hall–Kier alpha value is -1.63. The fraction of sp³-hybridized carbons (Fsp3) is 0.200. The first-order valence-electron chi connectivity index (χ1n) is 6.35. The van der Waals surface area contributed by atoms with Gasteiger partial charge >= 0.3 is 5.95 Å². The summed E-state index contributed by atoms with van der Waals surface area (Å²) < 4.78 is 1.95. The molecule has 1 heterocycles. The quantitative estimate of drug-likeness (QED) is 0.423. The highest BCUT2D eigenvalue weighted by Gasteiger charge is 2.18. The van der Waals surface area contributed by atoms with E-state index in [4.69, 9.17) is 5.73 Å². The average Bonchev–Trinajstić information content (AvgIpc) is 2.44. The van der Waals surface area contributed by atoms with Crippen molar-refractivity contribution >= 4 is 17.5 Å². The molecule has 0 unspecified atom stereocenters. The molecule has 2 N–H and O–H groups in total. The van der Waals surface area contributed by atoms with E-state index in [1.165, 1.54) is 0 Å². The van der Waals surface area contributed by atoms with Gasteiger partial charge in [-0.3, -0.25) is 4.90 Å². The summed E-state index contributed by atoms with van der Waals surface area (Å²) in [5.74, 6) is 1.51. The van der Waals surface area contributed by atoms with E-state index < -0.39 is 0 Å². The third-order valence-electron chi connectivity index (χ3n) is 2.96. The van der Waals surface area contributed by atoms with Crippen LogP contribution in [0.5, 0.6) is 0 Å². The molecule has 4 nitrogen and oxygen atoms in total. The Morgan fingerprint density at radius 2 is 2.00 bits per heavy atom. The van der Waals surface area contributed by atoms with Crippen molar-refractivity contribution in [1.82, 2.24) is 4.98 Å². The SMILES string of the molecule is C=CC[n+]1c(N(CC)c2ccccc2)ccnc1N.[I-]. The Morgan fingerprint density at radius 3 is 2.60 bits per heavy atom. The molecule has 0 radical (unpaired) electrons. The molecule has 0 aliphatic heterocycles. The zero-order chi connectivity index (χ0) is 13.7. The van der Waals surface area contributed by atoms with E-state index in [0.29, 0.717) is 12.5 Å². The number of nitrogens with zero attached hydrogens (tertiary/aromatic N) is 3. The summed E-state index contributed by atoms with van der Waals surface area (Å²) in [6.45, 7) is 7.38. The lowest BCUT2D eigenvalue weighted by Crippen LogP contribution is -3.00. The maximum absolute atomic E-state index is 5.96. The molecule has 0 saturated carbocycles. The molecular formula is C15H19IN4. The van der Waals surface area contributed by atoms with Crippen LogP contribution in [0.15, 0.2) is 55.3 Å². The van der Waals surface area contributed by atoms with Crippen LogP contribution in [0.25, 0.3) is 0 Å². The van der Waals surface area contributed by atoms with Crippen LogP contribution < -0.4 is 39.2 Å². The Bertz CT molecular complexity index is 557. The van der Waals surface area contributed by atoms with Crippen LogP contribution in [-0.4, -0.2) is 11.5 Å². The first-order chi connectivity index (χ1) is 9.27. The van der Waals surface area contributed by atoms with Gasteiger partial charge in [-0.1, -0.05) is 24.3 Å². The van der Waals surface area contributed by atoms with Crippen molar-refractivity contribution in [3.63, 3.8) is 0 Å². The molecule has 0 amide bonds. The molecule has 0 aliphatic carbocycles. The molecule has 5 heteroatoms. The van der Waals surface area contributed by atoms with Gasteiger partial charge in [-0.15, -0.1) is 11.6 Å². The van der Waals surface area contributed by atoms with Crippen molar-refractivity contribution in [2.45, 2.75) is 13.5 Å². The topological polar surface area (TPSA) is 46.0 Å². The van der Waals surface area contributed by atoms with Gasteiger partial charge in [0.05, 0.1) is 25.0 Å². The van der Waals surface area contributed by atoms with Crippen molar-refractivity contribution in [3.05, 3.63) is 55.3 Å². The number of anilines is 3. The summed E-state index contributed by atoms with van der Waals surface area (Å²) in [7, 11) is 0. The van der Waals surface area contributed by atoms with E-state index in [0.717, 1.165) is 18.1 Å². The van der Waals surface area contributed by atoms with Gasteiger partial charge in [-0.05, 0) is 19.1 Å². The number of benzene rings is 1. The van der Waals surface area contributed by atoms with E-state index in [1.54, 1.807) is 6.20 Å². The Balaban J connectivity index is 0.00000200. The number of nitrogens with two attached hydrogens (primary N) is 1. The molecule has 1 aromatic heterocycles. The Morgan fingerprint density at radius 1 is 1.30 bits per heavy atom. The van der Waals surface area contributed by atoms with Crippen molar-refractivity contribution in [3.8, 4) is 0 Å². The highest BCUT2D eigenvalue weighted by atomic mass is 127. The van der Waals surface area contributed by atoms with Crippen LogP contribution >= 0.6 is 0 Å². The van der Waals surface area contributed by atoms with Crippen molar-refractivity contribution in [2.75, 3.05) is 17.2 Å². The summed E-state index contributed by atoms with van der Waals surface area (Å²) in [5, 5.41) is 0. The minimum absolute atomic E-state index is 0. The van der Waals surface area contributed by atoms with Gasteiger partial charge in [-0.25, -0.2) is 4.57 Å². The monoisotopic (exact) mass is 382 g/mol. The third-order valence-corrected chi connectivity index (χ3v) is 2.96. The highest BCUT2D eigenvalue weighted by molar-refractivity contribution is 5.57. The summed E-state index contributed by atoms with van der Waals surface area (Å²) in [4.78, 5) is 6.33. The molecule has 0 saturated heterocycles. The van der Waals surface area contributed by atoms with Crippen LogP contribution in [-0.2, 0) is 6.54 Å². The molecule has 20 heavy (non-hydrogen) atoms. The third kappa shape index (κ3) is 3.47. The summed E-state index contributed by atoms with van der Waals surface area (Å²) in [6, 6.07) is 12.2. The largest absolute Gasteiger partial charge is 1.00 e. The number of para-hydroxylation sites is 1. The summed E-state index contributed by atoms with van der Waals surface area (Å²) in [6.07, 6.45) is 3.55. The molecular weight excluding hydrogens is 363 g/mol. The molecule has 0 fully saturated rings. The molecule has 1 aromatic carbocycles. The number of hydrogen-bond donors (Lipinski definition) is 1. The van der Waals surface area contributed by atoms with Crippen LogP contribution in [0.3, 0.4) is 0 Å². The van der Waals surface area contributed by atoms with Crippen LogP contribution in [0, 0.1) is 0 Å². The van der Waals surface area contributed by atoms with Gasteiger partial charge in [0.2, 0.25) is 5.82 Å². The van der Waals surface area contributed by atoms with Crippen molar-refractivity contribution in [1.29, 1.82) is 0 Å². The van der Waals surface area contributed by atoms with Gasteiger partial charge in [-0.2, -0.15) is 0 Å². The van der Waals surface area contributed by atoms with Gasteiger partial charge < -0.3 is 29.7 Å². The average molecular weight is 382 g/mol. The van der Waals surface area contributed by atoms with Crippen LogP contribution in [0.2, 0.25) is 0 Å². The normalized spacial score (nSPS) is 9.65. The maximum atomic E-state index is 5.96. The maximum Gasteiger partial charge on any atom is 0.345 e. The molecule has 0 aliphatic rings. The van der Waals surface area contributed by atoms with E-state index in [1.807, 2.05) is 34.9 Å². The van der Waals surface area contributed by atoms with E-state index >= 15 is 0 Å². The number of aromatic nitrogens is 2. The van der Waals surface area contributed by atoms with E-state index in [2.05, 4.69) is 35.5 Å². The number of nitrogen functional groups attached to an aromatic ring is 1. The van der Waals surface area contributed by atoms with Crippen molar-refractivity contribution < 1.29 is 28.5 Å². The zero-order valence-electron chi connectivity index (χ0n) is 11.5. The van der Waals surface area contributed by atoms with E-state index in [-0.39, 0.29) is 24.0 Å². The molecule has 2 rings (SSSR count). The van der Waals surface area contributed by atoms with E-state index in [9.17, 15) is 0 Å². The number of hydrogen-bond acceptors (Lipinski definition) is 3. The van der Waals surface area contributed by atoms with Crippen molar-refractivity contribution in [2.24, 2.45) is 0 Å². The minimum Gasteiger partial charge on any atom is -1.00 e. The van der Waals surface area contributed by atoms with Gasteiger partial charge in [0.1, 0.15) is 0 Å². The predicted octanol–water partition coefficient (Wildman–Crippen LogP) is -0.701. The lowest BCUT2D eigenvalue weighted by molar-refractivity contribution is -0.662. The zero-order valence-corrected chi connectivity index (χ0v) is 13.7. The predicted molar refractivity (Wildman–Crippen MR) is 78.2 cm³/mol. The van der Waals surface area contributed by atoms with Gasteiger partial charge in [0.25, 0.3) is 0 Å². The Kier molecular flexibility index (Phi) is 6.44. The first kappa shape index (κ1) is 16.4. The highest BCUT2D eigenvalue weighted by Crippen LogP contribution is 2.21. The lowest BCUT2D eigenvalue weighted by atomic mass is 10.3. The number of halogens is 1. The molecule has 0 atom stereocenters. The number of allylic oxidation sites excluding steroid dienone is 1. The van der Waals surface area contributed by atoms with Gasteiger partial charge in [0.15, 0.2) is 0 Å². The summed E-state index contributed by atoms with van der Waals surface area (Å²) >= 11 is 0. The first-order valence-corrected chi connectivity index (χ1v) is 6.35. The van der Waals surface area contributed by atoms with Crippen LogP contribution in [0.1, 0.15) is 6.92 Å². The molecule has 2 aromatic rings. The smallest absolute Gasteiger partial charge is 0.345 e. The second-order valence-electron chi connectivity index (χ2n) is 4.14. The lowest BCUT2D eigenvalue weighted by Gasteiger charge is -2.21.